The van der Waals surface area contributed by atoms with Crippen LogP contribution in [0.5, 0.6) is 5.75 Å². The van der Waals surface area contributed by atoms with Crippen molar-refractivity contribution >= 4 is 0 Å². The lowest BCUT2D eigenvalue weighted by molar-refractivity contribution is 0.241. The predicted octanol–water partition coefficient (Wildman–Crippen LogP) is 7.82. The first-order chi connectivity index (χ1) is 13.3. The molecule has 0 N–H and O–H groups in total. The molecule has 0 saturated heterocycles. The molecule has 1 unspecified atom stereocenters. The van der Waals surface area contributed by atoms with Gasteiger partial charge in [-0.1, -0.05) is 57.2 Å². The molecule has 4 heteroatoms. The summed E-state index contributed by atoms with van der Waals surface area (Å²) in [5, 5.41) is 0. The molecule has 0 heterocycles. The van der Waals surface area contributed by atoms with Crippen LogP contribution >= 0.6 is 0 Å². The monoisotopic (exact) mass is 390 g/mol. The first-order valence-electron chi connectivity index (χ1n) is 9.91. The summed E-state index contributed by atoms with van der Waals surface area (Å²) in [7, 11) is 0. The smallest absolute Gasteiger partial charge is 0.344 e. The minimum Gasteiger partial charge on any atom is -0.428 e. The standard InChI is InChI=1S/C24H29F3O/c1-17(2)16-18(3)21-12-8-19(9-13-21)6-4-5-7-20-10-14-22(15-11-20)28-24(27)23(25)26/h8-15,17-18H,4-7,16H2,1-3H3. The van der Waals surface area contributed by atoms with Crippen LogP contribution in [0.25, 0.3) is 0 Å². The summed E-state index contributed by atoms with van der Waals surface area (Å²) in [6.45, 7) is 6.79. The largest absolute Gasteiger partial charge is 0.428 e. The predicted molar refractivity (Wildman–Crippen MR) is 108 cm³/mol. The summed E-state index contributed by atoms with van der Waals surface area (Å²) in [5.41, 5.74) is 3.83. The number of ether oxygens (including phenoxy) is 1. The average molecular weight is 390 g/mol. The molecule has 152 valence electrons. The fourth-order valence-electron chi connectivity index (χ4n) is 3.38. The molecule has 2 aromatic rings. The van der Waals surface area contributed by atoms with Gasteiger partial charge in [0.15, 0.2) is 0 Å². The molecule has 0 spiro atoms. The van der Waals surface area contributed by atoms with Gasteiger partial charge < -0.3 is 4.74 Å². The topological polar surface area (TPSA) is 9.23 Å². The van der Waals surface area contributed by atoms with Gasteiger partial charge in [0.1, 0.15) is 5.75 Å². The molecular formula is C24H29F3O. The SMILES string of the molecule is CC(C)CC(C)c1ccc(CCCCc2ccc(OC(F)=C(F)F)cc2)cc1. The number of unbranched alkanes of at least 4 members (excludes halogenated alkanes) is 1. The molecule has 0 amide bonds. The van der Waals surface area contributed by atoms with Crippen LogP contribution in [-0.2, 0) is 12.8 Å². The third-order valence-corrected chi connectivity index (χ3v) is 4.83. The van der Waals surface area contributed by atoms with Crippen LogP contribution < -0.4 is 4.74 Å². The zero-order valence-electron chi connectivity index (χ0n) is 16.9. The van der Waals surface area contributed by atoms with Gasteiger partial charge in [0, 0.05) is 0 Å². The Kier molecular flexibility index (Phi) is 8.62. The van der Waals surface area contributed by atoms with Gasteiger partial charge in [-0.15, -0.1) is 0 Å². The summed E-state index contributed by atoms with van der Waals surface area (Å²) in [4.78, 5) is 0. The van der Waals surface area contributed by atoms with E-state index in [1.54, 1.807) is 12.1 Å². The Morgan fingerprint density at radius 2 is 1.29 bits per heavy atom. The van der Waals surface area contributed by atoms with Crippen LogP contribution in [-0.4, -0.2) is 0 Å². The van der Waals surface area contributed by atoms with E-state index in [9.17, 15) is 13.2 Å². The zero-order chi connectivity index (χ0) is 20.5. The second kappa shape index (κ2) is 10.9. The molecule has 1 atom stereocenters. The number of hydrogen-bond donors (Lipinski definition) is 0. The molecule has 0 saturated carbocycles. The third kappa shape index (κ3) is 7.41. The van der Waals surface area contributed by atoms with Crippen molar-refractivity contribution in [2.45, 2.75) is 58.8 Å². The van der Waals surface area contributed by atoms with Crippen LogP contribution in [0.2, 0.25) is 0 Å². The number of aryl methyl sites for hydroxylation is 2. The van der Waals surface area contributed by atoms with Gasteiger partial charge in [-0.3, -0.25) is 0 Å². The van der Waals surface area contributed by atoms with E-state index in [-0.39, 0.29) is 5.75 Å². The van der Waals surface area contributed by atoms with Crippen LogP contribution in [0.15, 0.2) is 60.6 Å². The summed E-state index contributed by atoms with van der Waals surface area (Å²) < 4.78 is 41.2. The van der Waals surface area contributed by atoms with Gasteiger partial charge in [-0.05, 0) is 72.8 Å². The highest BCUT2D eigenvalue weighted by atomic mass is 19.3. The maximum Gasteiger partial charge on any atom is 0.344 e. The van der Waals surface area contributed by atoms with Gasteiger partial charge in [-0.25, -0.2) is 0 Å². The van der Waals surface area contributed by atoms with Crippen molar-refractivity contribution in [1.82, 2.24) is 0 Å². The van der Waals surface area contributed by atoms with Crippen LogP contribution in [0, 0.1) is 5.92 Å². The lowest BCUT2D eigenvalue weighted by Gasteiger charge is -2.14. The van der Waals surface area contributed by atoms with Crippen molar-refractivity contribution in [3.63, 3.8) is 0 Å². The molecular weight excluding hydrogens is 361 g/mol. The quantitative estimate of drug-likeness (QED) is 0.297. The van der Waals surface area contributed by atoms with Gasteiger partial charge in [-0.2, -0.15) is 13.2 Å². The summed E-state index contributed by atoms with van der Waals surface area (Å²) in [5.74, 6) is 1.36. The fraction of sp³-hybridized carbons (Fsp3) is 0.417. The molecule has 0 radical (unpaired) electrons. The van der Waals surface area contributed by atoms with Crippen molar-refractivity contribution in [2.75, 3.05) is 0 Å². The molecule has 1 nitrogen and oxygen atoms in total. The van der Waals surface area contributed by atoms with Crippen LogP contribution in [0.3, 0.4) is 0 Å². The minimum atomic E-state index is -2.45. The molecule has 0 aliphatic rings. The van der Waals surface area contributed by atoms with E-state index < -0.39 is 12.1 Å². The van der Waals surface area contributed by atoms with E-state index in [0.717, 1.165) is 31.2 Å². The zero-order valence-corrected chi connectivity index (χ0v) is 16.9. The van der Waals surface area contributed by atoms with E-state index in [2.05, 4.69) is 49.8 Å². The Morgan fingerprint density at radius 3 is 1.75 bits per heavy atom. The molecule has 2 aromatic carbocycles. The Labute approximate surface area is 166 Å². The van der Waals surface area contributed by atoms with E-state index >= 15 is 0 Å². The minimum absolute atomic E-state index is 0.0702. The first-order valence-corrected chi connectivity index (χ1v) is 9.91. The van der Waals surface area contributed by atoms with Crippen molar-refractivity contribution in [1.29, 1.82) is 0 Å². The lowest BCUT2D eigenvalue weighted by atomic mass is 9.91. The molecule has 0 bridgehead atoms. The molecule has 0 fully saturated rings. The molecule has 2 rings (SSSR count). The Balaban J connectivity index is 1.74. The van der Waals surface area contributed by atoms with Gasteiger partial charge in [0.2, 0.25) is 0 Å². The van der Waals surface area contributed by atoms with E-state index in [1.807, 2.05) is 0 Å². The van der Waals surface area contributed by atoms with Crippen LogP contribution in [0.4, 0.5) is 13.2 Å². The summed E-state index contributed by atoms with van der Waals surface area (Å²) in [6.07, 6.45) is 2.77. The number of benzene rings is 2. The van der Waals surface area contributed by atoms with Crippen molar-refractivity contribution < 1.29 is 17.9 Å². The first kappa shape index (κ1) is 22.1. The van der Waals surface area contributed by atoms with Crippen LogP contribution in [0.1, 0.15) is 62.6 Å². The van der Waals surface area contributed by atoms with Gasteiger partial charge in [0.05, 0.1) is 0 Å². The lowest BCUT2D eigenvalue weighted by Crippen LogP contribution is -1.99. The highest BCUT2D eigenvalue weighted by molar-refractivity contribution is 5.28. The summed E-state index contributed by atoms with van der Waals surface area (Å²) in [6, 6.07) is 13.7. The Hall–Kier alpha value is -2.23. The molecule has 0 aromatic heterocycles. The average Bonchev–Trinajstić information content (AvgIpc) is 2.66. The van der Waals surface area contributed by atoms with Crippen molar-refractivity contribution in [3.8, 4) is 5.75 Å². The molecule has 28 heavy (non-hydrogen) atoms. The normalized spacial score (nSPS) is 12.1. The van der Waals surface area contributed by atoms with E-state index in [1.165, 1.54) is 29.7 Å². The van der Waals surface area contributed by atoms with E-state index in [0.29, 0.717) is 11.8 Å². The second-order valence-corrected chi connectivity index (χ2v) is 7.76. The van der Waals surface area contributed by atoms with Gasteiger partial charge in [0.25, 0.3) is 0 Å². The summed E-state index contributed by atoms with van der Waals surface area (Å²) >= 11 is 0. The van der Waals surface area contributed by atoms with Crippen molar-refractivity contribution in [3.05, 3.63) is 77.3 Å². The Bertz CT molecular complexity index is 744. The van der Waals surface area contributed by atoms with Gasteiger partial charge >= 0.3 is 12.1 Å². The highest BCUT2D eigenvalue weighted by Crippen LogP contribution is 2.24. The maximum atomic E-state index is 12.8. The maximum absolute atomic E-state index is 12.8. The van der Waals surface area contributed by atoms with Crippen molar-refractivity contribution in [2.24, 2.45) is 5.92 Å². The fourth-order valence-corrected chi connectivity index (χ4v) is 3.38. The number of hydrogen-bond acceptors (Lipinski definition) is 1. The molecule has 0 aliphatic carbocycles. The number of halogens is 3. The van der Waals surface area contributed by atoms with E-state index in [4.69, 9.17) is 0 Å². The third-order valence-electron chi connectivity index (χ3n) is 4.83. The number of rotatable bonds is 10. The Morgan fingerprint density at radius 1 is 0.786 bits per heavy atom. The highest BCUT2D eigenvalue weighted by Gasteiger charge is 2.08. The molecule has 0 aliphatic heterocycles. The second-order valence-electron chi connectivity index (χ2n) is 7.76.